The van der Waals surface area contributed by atoms with Crippen molar-refractivity contribution in [1.82, 2.24) is 0 Å². The number of carbonyl (C=O) groups excluding carboxylic acids is 1. The van der Waals surface area contributed by atoms with Gasteiger partial charge in [0.05, 0.1) is 5.57 Å². The maximum Gasteiger partial charge on any atom is 0.341 e. The van der Waals surface area contributed by atoms with E-state index >= 15 is 0 Å². The van der Waals surface area contributed by atoms with Crippen molar-refractivity contribution in [3.8, 4) is 11.5 Å². The molecule has 0 aliphatic heterocycles. The highest BCUT2D eigenvalue weighted by Gasteiger charge is 2.19. The smallest absolute Gasteiger partial charge is 0.341 e. The molecule has 21 heavy (non-hydrogen) atoms. The van der Waals surface area contributed by atoms with Crippen molar-refractivity contribution >= 4 is 5.97 Å². The molecule has 0 heterocycles. The first-order valence-electron chi connectivity index (χ1n) is 6.49. The monoisotopic (exact) mass is 284 g/mol. The Hall–Kier alpha value is -2.59. The molecule has 2 aromatic rings. The maximum atomic E-state index is 11.8. The minimum absolute atomic E-state index is 0.0465. The van der Waals surface area contributed by atoms with Gasteiger partial charge in [0, 0.05) is 0 Å². The molecule has 4 nitrogen and oxygen atoms in total. The third-order valence-corrected chi connectivity index (χ3v) is 2.77. The van der Waals surface area contributed by atoms with Crippen LogP contribution < -0.4 is 9.47 Å². The molecule has 0 aliphatic rings. The highest BCUT2D eigenvalue weighted by molar-refractivity contribution is 5.90. The molecule has 108 valence electrons. The van der Waals surface area contributed by atoms with Crippen LogP contribution in [-0.2, 0) is 4.79 Å². The van der Waals surface area contributed by atoms with E-state index in [1.807, 2.05) is 24.3 Å². The summed E-state index contributed by atoms with van der Waals surface area (Å²) in [7, 11) is 0. The zero-order valence-electron chi connectivity index (χ0n) is 11.4. The van der Waals surface area contributed by atoms with Gasteiger partial charge in [-0.15, -0.1) is 0 Å². The van der Waals surface area contributed by atoms with Crippen molar-refractivity contribution in [2.75, 3.05) is 6.61 Å². The van der Waals surface area contributed by atoms with Crippen LogP contribution in [-0.4, -0.2) is 23.8 Å². The van der Waals surface area contributed by atoms with Gasteiger partial charge in [-0.3, -0.25) is 0 Å². The summed E-state index contributed by atoms with van der Waals surface area (Å²) in [6.07, 6.45) is -1.12. The lowest BCUT2D eigenvalue weighted by Gasteiger charge is -2.14. The summed E-state index contributed by atoms with van der Waals surface area (Å²) >= 11 is 0. The summed E-state index contributed by atoms with van der Waals surface area (Å²) in [6.45, 7) is 3.50. The fraction of sp³-hybridized carbons (Fsp3) is 0.118. The molecule has 0 aliphatic carbocycles. The summed E-state index contributed by atoms with van der Waals surface area (Å²) < 4.78 is 10.5. The molecule has 2 aromatic carbocycles. The van der Waals surface area contributed by atoms with Gasteiger partial charge in [-0.2, -0.15) is 0 Å². The molecule has 2 rings (SSSR count). The van der Waals surface area contributed by atoms with Crippen LogP contribution in [0.3, 0.4) is 0 Å². The van der Waals surface area contributed by atoms with Crippen molar-refractivity contribution in [3.05, 3.63) is 72.8 Å². The van der Waals surface area contributed by atoms with E-state index in [0.29, 0.717) is 11.5 Å². The van der Waals surface area contributed by atoms with Crippen molar-refractivity contribution in [1.29, 1.82) is 0 Å². The lowest BCUT2D eigenvalue weighted by molar-refractivity contribution is -0.131. The summed E-state index contributed by atoms with van der Waals surface area (Å²) in [4.78, 5) is 11.8. The number of esters is 1. The second-order valence-corrected chi connectivity index (χ2v) is 4.37. The molecule has 4 heteroatoms. The van der Waals surface area contributed by atoms with E-state index in [4.69, 9.17) is 9.47 Å². The van der Waals surface area contributed by atoms with E-state index in [0.717, 1.165) is 0 Å². The quantitative estimate of drug-likeness (QED) is 0.503. The molecule has 0 fully saturated rings. The Balaban J connectivity index is 1.85. The topological polar surface area (TPSA) is 55.8 Å². The van der Waals surface area contributed by atoms with Gasteiger partial charge in [-0.25, -0.2) is 4.79 Å². The first-order chi connectivity index (χ1) is 10.2. The number of rotatable bonds is 6. The van der Waals surface area contributed by atoms with Gasteiger partial charge in [-0.1, -0.05) is 43.0 Å². The number of carbonyl (C=O) groups is 1. The van der Waals surface area contributed by atoms with E-state index in [1.165, 1.54) is 0 Å². The lowest BCUT2D eigenvalue weighted by Crippen LogP contribution is -2.26. The van der Waals surface area contributed by atoms with Crippen LogP contribution >= 0.6 is 0 Å². The Morgan fingerprint density at radius 1 is 1.00 bits per heavy atom. The average Bonchev–Trinajstić information content (AvgIpc) is 2.53. The SMILES string of the molecule is C=C(C(=O)Oc1ccccc1)C(O)COc1ccccc1. The highest BCUT2D eigenvalue weighted by Crippen LogP contribution is 2.13. The fourth-order valence-corrected chi connectivity index (χ4v) is 1.59. The molecule has 0 saturated carbocycles. The second kappa shape index (κ2) is 7.26. The number of para-hydroxylation sites is 2. The molecule has 0 spiro atoms. The predicted octanol–water partition coefficient (Wildman–Crippen LogP) is 2.59. The van der Waals surface area contributed by atoms with E-state index in [-0.39, 0.29) is 12.2 Å². The molecule has 1 atom stereocenters. The van der Waals surface area contributed by atoms with Gasteiger partial charge >= 0.3 is 5.97 Å². The standard InChI is InChI=1S/C17H16O4/c1-13(17(19)21-15-10-6-3-7-11-15)16(18)12-20-14-8-4-2-5-9-14/h2-11,16,18H,1,12H2. The van der Waals surface area contributed by atoms with Crippen LogP contribution in [0.15, 0.2) is 72.8 Å². The average molecular weight is 284 g/mol. The number of benzene rings is 2. The van der Waals surface area contributed by atoms with Gasteiger partial charge < -0.3 is 14.6 Å². The molecule has 1 unspecified atom stereocenters. The summed E-state index contributed by atoms with van der Waals surface area (Å²) in [5, 5.41) is 9.90. The fourth-order valence-electron chi connectivity index (χ4n) is 1.59. The Kier molecular flexibility index (Phi) is 5.12. The van der Waals surface area contributed by atoms with Crippen molar-refractivity contribution < 1.29 is 19.4 Å². The third kappa shape index (κ3) is 4.47. The Bertz CT molecular complexity index is 593. The number of hydrogen-bond donors (Lipinski definition) is 1. The zero-order valence-corrected chi connectivity index (χ0v) is 11.4. The molecule has 1 N–H and O–H groups in total. The van der Waals surface area contributed by atoms with Crippen molar-refractivity contribution in [2.24, 2.45) is 0 Å². The van der Waals surface area contributed by atoms with Crippen LogP contribution in [0.5, 0.6) is 11.5 Å². The summed E-state index contributed by atoms with van der Waals surface area (Å²) in [5.41, 5.74) is -0.0465. The van der Waals surface area contributed by atoms with Crippen molar-refractivity contribution in [2.45, 2.75) is 6.10 Å². The van der Waals surface area contributed by atoms with E-state index in [1.54, 1.807) is 36.4 Å². The van der Waals surface area contributed by atoms with Crippen LogP contribution in [0.4, 0.5) is 0 Å². The first-order valence-corrected chi connectivity index (χ1v) is 6.49. The first kappa shape index (κ1) is 14.8. The van der Waals surface area contributed by atoms with Crippen LogP contribution in [0, 0.1) is 0 Å². The number of hydrogen-bond acceptors (Lipinski definition) is 4. The molecule has 0 radical (unpaired) electrons. The molecule has 0 aromatic heterocycles. The molecule has 0 saturated heterocycles. The number of aliphatic hydroxyl groups excluding tert-OH is 1. The Labute approximate surface area is 123 Å². The minimum Gasteiger partial charge on any atom is -0.491 e. The van der Waals surface area contributed by atoms with E-state index in [9.17, 15) is 9.90 Å². The van der Waals surface area contributed by atoms with E-state index < -0.39 is 12.1 Å². The zero-order chi connectivity index (χ0) is 15.1. The predicted molar refractivity (Wildman–Crippen MR) is 79.2 cm³/mol. The van der Waals surface area contributed by atoms with Gasteiger partial charge in [0.1, 0.15) is 24.2 Å². The summed E-state index contributed by atoms with van der Waals surface area (Å²) in [6, 6.07) is 17.6. The number of aliphatic hydroxyl groups is 1. The lowest BCUT2D eigenvalue weighted by atomic mass is 10.2. The normalized spacial score (nSPS) is 11.5. The maximum absolute atomic E-state index is 11.8. The van der Waals surface area contributed by atoms with Gasteiger partial charge in [0.15, 0.2) is 0 Å². The van der Waals surface area contributed by atoms with Gasteiger partial charge in [-0.05, 0) is 24.3 Å². The second-order valence-electron chi connectivity index (χ2n) is 4.37. The van der Waals surface area contributed by atoms with Crippen LogP contribution in [0.1, 0.15) is 0 Å². The molecular formula is C17H16O4. The molecular weight excluding hydrogens is 268 g/mol. The third-order valence-electron chi connectivity index (χ3n) is 2.77. The highest BCUT2D eigenvalue weighted by atomic mass is 16.5. The summed E-state index contributed by atoms with van der Waals surface area (Å²) in [5.74, 6) is 0.339. The minimum atomic E-state index is -1.12. The molecule has 0 amide bonds. The largest absolute Gasteiger partial charge is 0.491 e. The van der Waals surface area contributed by atoms with Crippen LogP contribution in [0.25, 0.3) is 0 Å². The number of ether oxygens (including phenoxy) is 2. The Morgan fingerprint density at radius 3 is 2.10 bits per heavy atom. The Morgan fingerprint density at radius 2 is 1.52 bits per heavy atom. The van der Waals surface area contributed by atoms with Gasteiger partial charge in [0.2, 0.25) is 0 Å². The van der Waals surface area contributed by atoms with E-state index in [2.05, 4.69) is 6.58 Å². The van der Waals surface area contributed by atoms with Crippen LogP contribution in [0.2, 0.25) is 0 Å². The van der Waals surface area contributed by atoms with Gasteiger partial charge in [0.25, 0.3) is 0 Å². The molecule has 0 bridgehead atoms. The van der Waals surface area contributed by atoms with Crippen molar-refractivity contribution in [3.63, 3.8) is 0 Å².